The maximum Gasteiger partial charge on any atom is 0.316 e. The maximum absolute atomic E-state index is 14.5. The fourth-order valence-electron chi connectivity index (χ4n) is 4.92. The van der Waals surface area contributed by atoms with Crippen molar-refractivity contribution in [2.24, 2.45) is 0 Å². The average molecular weight is 513 g/mol. The smallest absolute Gasteiger partial charge is 0.316 e. The molecule has 1 aliphatic heterocycles. The molecule has 0 N–H and O–H groups in total. The van der Waals surface area contributed by atoms with E-state index in [1.54, 1.807) is 12.1 Å². The molecule has 5 rings (SSSR count). The standard InChI is InChI=1S/C26H29FN4O4S/c1-2-15-36(33,34)30-13-11-29(12-14-30)24-18-28-31(23-10-6-5-9-22(23)27)26(32)25(24)35-21-16-19-7-3-4-8-20(19)17-21/h3-10,18,21H,2,11-17H2,1H3. The molecule has 0 atom stereocenters. The van der Waals surface area contributed by atoms with E-state index in [1.807, 2.05) is 24.0 Å². The van der Waals surface area contributed by atoms with Crippen molar-refractivity contribution < 1.29 is 17.5 Å². The van der Waals surface area contributed by atoms with Crippen LogP contribution in [0.1, 0.15) is 24.5 Å². The number of nitrogens with zero attached hydrogens (tertiary/aromatic N) is 4. The van der Waals surface area contributed by atoms with Gasteiger partial charge >= 0.3 is 5.56 Å². The third-order valence-corrected chi connectivity index (χ3v) is 8.80. The lowest BCUT2D eigenvalue weighted by Crippen LogP contribution is -2.49. The minimum Gasteiger partial charge on any atom is -0.482 e. The summed E-state index contributed by atoms with van der Waals surface area (Å²) >= 11 is 0. The fraction of sp³-hybridized carbons (Fsp3) is 0.385. The van der Waals surface area contributed by atoms with E-state index >= 15 is 0 Å². The van der Waals surface area contributed by atoms with E-state index < -0.39 is 21.4 Å². The van der Waals surface area contributed by atoms with Crippen molar-refractivity contribution in [3.8, 4) is 11.4 Å². The summed E-state index contributed by atoms with van der Waals surface area (Å²) in [6.07, 6.45) is 3.17. The van der Waals surface area contributed by atoms with Crippen molar-refractivity contribution in [2.75, 3.05) is 36.8 Å². The molecule has 0 saturated carbocycles. The van der Waals surface area contributed by atoms with E-state index in [1.165, 1.54) is 33.8 Å². The molecule has 0 bridgehead atoms. The van der Waals surface area contributed by atoms with Gasteiger partial charge in [0.25, 0.3) is 0 Å². The molecule has 0 radical (unpaired) electrons. The van der Waals surface area contributed by atoms with Gasteiger partial charge in [0, 0.05) is 39.0 Å². The minimum absolute atomic E-state index is 0.0455. The third kappa shape index (κ3) is 4.75. The van der Waals surface area contributed by atoms with Crippen LogP contribution in [0.3, 0.4) is 0 Å². The van der Waals surface area contributed by atoms with E-state index in [-0.39, 0.29) is 23.3 Å². The van der Waals surface area contributed by atoms with E-state index in [4.69, 9.17) is 4.74 Å². The number of rotatable bonds is 7. The normalized spacial score (nSPS) is 16.8. The van der Waals surface area contributed by atoms with Crippen LogP contribution in [-0.4, -0.2) is 60.5 Å². The number of aromatic nitrogens is 2. The van der Waals surface area contributed by atoms with Crippen LogP contribution in [0.15, 0.2) is 59.5 Å². The number of hydrogen-bond acceptors (Lipinski definition) is 6. The molecular formula is C26H29FN4O4S. The molecule has 1 aliphatic carbocycles. The molecule has 1 fully saturated rings. The molecule has 2 aliphatic rings. The summed E-state index contributed by atoms with van der Waals surface area (Å²) < 4.78 is 48.4. The predicted molar refractivity (Wildman–Crippen MR) is 136 cm³/mol. The molecule has 1 aromatic heterocycles. The Kier molecular flexibility index (Phi) is 6.81. The molecule has 2 aromatic carbocycles. The highest BCUT2D eigenvalue weighted by Gasteiger charge is 2.31. The lowest BCUT2D eigenvalue weighted by Gasteiger charge is -2.36. The first-order valence-electron chi connectivity index (χ1n) is 12.2. The highest BCUT2D eigenvalue weighted by molar-refractivity contribution is 7.89. The van der Waals surface area contributed by atoms with Crippen molar-refractivity contribution in [1.82, 2.24) is 14.1 Å². The minimum atomic E-state index is -3.30. The number of piperazine rings is 1. The first kappa shape index (κ1) is 24.5. The second kappa shape index (κ2) is 10.0. The molecule has 0 unspecified atom stereocenters. The van der Waals surface area contributed by atoms with Crippen LogP contribution in [0.2, 0.25) is 0 Å². The van der Waals surface area contributed by atoms with Crippen LogP contribution in [0, 0.1) is 5.82 Å². The van der Waals surface area contributed by atoms with Crippen LogP contribution in [0.25, 0.3) is 5.69 Å². The Morgan fingerprint density at radius 2 is 1.61 bits per heavy atom. The molecule has 1 saturated heterocycles. The summed E-state index contributed by atoms with van der Waals surface area (Å²) in [5.74, 6) is -0.339. The zero-order valence-electron chi connectivity index (χ0n) is 20.1. The Labute approximate surface area is 210 Å². The monoisotopic (exact) mass is 512 g/mol. The highest BCUT2D eigenvalue weighted by Crippen LogP contribution is 2.31. The van der Waals surface area contributed by atoms with Gasteiger partial charge in [-0.05, 0) is 29.7 Å². The summed E-state index contributed by atoms with van der Waals surface area (Å²) in [5.41, 5.74) is 2.36. The summed E-state index contributed by atoms with van der Waals surface area (Å²) in [6, 6.07) is 14.0. The van der Waals surface area contributed by atoms with E-state index in [9.17, 15) is 17.6 Å². The number of anilines is 1. The SMILES string of the molecule is CCCS(=O)(=O)N1CCN(c2cnn(-c3ccccc3F)c(=O)c2OC2Cc3ccccc3C2)CC1. The van der Waals surface area contributed by atoms with Gasteiger partial charge in [-0.25, -0.2) is 12.8 Å². The first-order valence-corrected chi connectivity index (χ1v) is 13.8. The molecule has 0 spiro atoms. The van der Waals surface area contributed by atoms with E-state index in [0.717, 1.165) is 4.68 Å². The fourth-order valence-corrected chi connectivity index (χ4v) is 6.42. The molecule has 8 nitrogen and oxygen atoms in total. The molecule has 3 aromatic rings. The van der Waals surface area contributed by atoms with Gasteiger partial charge in [-0.1, -0.05) is 43.3 Å². The van der Waals surface area contributed by atoms with Gasteiger partial charge in [-0.3, -0.25) is 4.79 Å². The van der Waals surface area contributed by atoms with Crippen molar-refractivity contribution in [1.29, 1.82) is 0 Å². The van der Waals surface area contributed by atoms with Gasteiger partial charge in [0.05, 0.1) is 11.9 Å². The van der Waals surface area contributed by atoms with E-state index in [0.29, 0.717) is 51.1 Å². The van der Waals surface area contributed by atoms with Gasteiger partial charge in [-0.2, -0.15) is 14.1 Å². The Balaban J connectivity index is 1.47. The average Bonchev–Trinajstić information content (AvgIpc) is 3.28. The number of sulfonamides is 1. The van der Waals surface area contributed by atoms with Crippen LogP contribution in [0.4, 0.5) is 10.1 Å². The van der Waals surface area contributed by atoms with Gasteiger partial charge in [0.1, 0.15) is 23.3 Å². The van der Waals surface area contributed by atoms with Crippen LogP contribution < -0.4 is 15.2 Å². The Morgan fingerprint density at radius 3 is 2.25 bits per heavy atom. The van der Waals surface area contributed by atoms with Crippen LogP contribution in [0.5, 0.6) is 5.75 Å². The number of para-hydroxylation sites is 1. The van der Waals surface area contributed by atoms with Crippen molar-refractivity contribution in [2.45, 2.75) is 32.3 Å². The topological polar surface area (TPSA) is 84.7 Å². The Bertz CT molecular complexity index is 1390. The van der Waals surface area contributed by atoms with Crippen LogP contribution in [-0.2, 0) is 22.9 Å². The summed E-state index contributed by atoms with van der Waals surface area (Å²) in [7, 11) is -3.30. The highest BCUT2D eigenvalue weighted by atomic mass is 32.2. The lowest BCUT2D eigenvalue weighted by molar-refractivity contribution is 0.209. The number of benzene rings is 2. The van der Waals surface area contributed by atoms with Gasteiger partial charge in [0.15, 0.2) is 0 Å². The largest absolute Gasteiger partial charge is 0.482 e. The Morgan fingerprint density at radius 1 is 0.972 bits per heavy atom. The summed E-state index contributed by atoms with van der Waals surface area (Å²) in [5, 5.41) is 4.27. The second-order valence-corrected chi connectivity index (χ2v) is 11.2. The van der Waals surface area contributed by atoms with Gasteiger partial charge < -0.3 is 9.64 Å². The molecule has 190 valence electrons. The summed E-state index contributed by atoms with van der Waals surface area (Å²) in [4.78, 5) is 15.6. The molecule has 2 heterocycles. The number of hydrogen-bond donors (Lipinski definition) is 0. The maximum atomic E-state index is 14.5. The van der Waals surface area contributed by atoms with Crippen molar-refractivity contribution in [3.63, 3.8) is 0 Å². The molecule has 10 heteroatoms. The predicted octanol–water partition coefficient (Wildman–Crippen LogP) is 2.78. The second-order valence-electron chi connectivity index (χ2n) is 9.15. The van der Waals surface area contributed by atoms with Crippen LogP contribution >= 0.6 is 0 Å². The van der Waals surface area contributed by atoms with Crippen molar-refractivity contribution in [3.05, 3.63) is 82.0 Å². The van der Waals surface area contributed by atoms with Gasteiger partial charge in [-0.15, -0.1) is 0 Å². The zero-order valence-corrected chi connectivity index (χ0v) is 21.0. The lowest BCUT2D eigenvalue weighted by atomic mass is 10.1. The first-order chi connectivity index (χ1) is 17.4. The van der Waals surface area contributed by atoms with E-state index in [2.05, 4.69) is 17.2 Å². The van der Waals surface area contributed by atoms with Crippen molar-refractivity contribution >= 4 is 15.7 Å². The number of fused-ring (bicyclic) bond motifs is 1. The molecule has 36 heavy (non-hydrogen) atoms. The Hall–Kier alpha value is -3.24. The summed E-state index contributed by atoms with van der Waals surface area (Å²) in [6.45, 7) is 3.26. The molecular weight excluding hydrogens is 483 g/mol. The number of halogens is 1. The number of ether oxygens (including phenoxy) is 1. The van der Waals surface area contributed by atoms with Gasteiger partial charge in [0.2, 0.25) is 15.8 Å². The molecule has 0 amide bonds. The quantitative estimate of drug-likeness (QED) is 0.484. The third-order valence-electron chi connectivity index (χ3n) is 6.73. The zero-order chi connectivity index (χ0) is 25.3.